The first kappa shape index (κ1) is 10.2. The number of carbonyl (C=O) groups excluding carboxylic acids is 1. The number of rotatable bonds is 4. The summed E-state index contributed by atoms with van der Waals surface area (Å²) in [6.45, 7) is 3.47. The van der Waals surface area contributed by atoms with E-state index in [4.69, 9.17) is 4.84 Å². The molecule has 1 amide bonds. The molecule has 0 radical (unpaired) electrons. The molecule has 4 heteroatoms. The Kier molecular flexibility index (Phi) is 3.06. The molecular weight excluding hydrogens is 170 g/mol. The van der Waals surface area contributed by atoms with E-state index in [1.807, 2.05) is 0 Å². The third-order valence-electron chi connectivity index (χ3n) is 2.42. The van der Waals surface area contributed by atoms with Crippen molar-refractivity contribution in [3.63, 3.8) is 0 Å². The molecule has 1 saturated carbocycles. The van der Waals surface area contributed by atoms with Crippen molar-refractivity contribution in [2.45, 2.75) is 12.5 Å². The molecule has 0 bridgehead atoms. The molecule has 4 nitrogen and oxygen atoms in total. The standard InChI is InChI=1S/C9H15NO3/c1-4-8(11)6-5-7(6)9(12)10(2)13-3/h4,6-8,11H,1,5H2,2-3H3/t6-,7+,8-/m1/s1. The molecule has 1 N–H and O–H groups in total. The van der Waals surface area contributed by atoms with Crippen LogP contribution in [0.15, 0.2) is 12.7 Å². The van der Waals surface area contributed by atoms with E-state index >= 15 is 0 Å². The lowest BCUT2D eigenvalue weighted by atomic mass is 10.2. The Morgan fingerprint density at radius 2 is 2.46 bits per heavy atom. The van der Waals surface area contributed by atoms with Gasteiger partial charge < -0.3 is 5.11 Å². The van der Waals surface area contributed by atoms with Gasteiger partial charge in [-0.1, -0.05) is 6.08 Å². The maximum Gasteiger partial charge on any atom is 0.249 e. The van der Waals surface area contributed by atoms with Crippen molar-refractivity contribution < 1.29 is 14.7 Å². The Morgan fingerprint density at radius 3 is 2.92 bits per heavy atom. The zero-order valence-electron chi connectivity index (χ0n) is 7.93. The predicted octanol–water partition coefficient (Wildman–Crippen LogP) is 0.189. The first-order valence-corrected chi connectivity index (χ1v) is 4.24. The van der Waals surface area contributed by atoms with E-state index in [1.54, 1.807) is 7.05 Å². The summed E-state index contributed by atoms with van der Waals surface area (Å²) in [6.07, 6.45) is 1.61. The number of nitrogens with zero attached hydrogens (tertiary/aromatic N) is 1. The van der Waals surface area contributed by atoms with Gasteiger partial charge in [0, 0.05) is 18.9 Å². The highest BCUT2D eigenvalue weighted by Crippen LogP contribution is 2.42. The summed E-state index contributed by atoms with van der Waals surface area (Å²) in [5.41, 5.74) is 0. The Labute approximate surface area is 77.7 Å². The fraction of sp³-hybridized carbons (Fsp3) is 0.667. The van der Waals surface area contributed by atoms with Crippen LogP contribution in [-0.2, 0) is 9.63 Å². The summed E-state index contributed by atoms with van der Waals surface area (Å²) < 4.78 is 0. The molecule has 0 aromatic rings. The van der Waals surface area contributed by atoms with E-state index < -0.39 is 6.10 Å². The monoisotopic (exact) mass is 185 g/mol. The molecule has 1 fully saturated rings. The average Bonchev–Trinajstić information content (AvgIpc) is 2.93. The van der Waals surface area contributed by atoms with Crippen molar-refractivity contribution in [3.05, 3.63) is 12.7 Å². The predicted molar refractivity (Wildman–Crippen MR) is 47.6 cm³/mol. The molecule has 0 aliphatic heterocycles. The molecule has 0 aromatic carbocycles. The molecule has 0 spiro atoms. The van der Waals surface area contributed by atoms with Crippen LogP contribution in [-0.4, -0.2) is 36.3 Å². The van der Waals surface area contributed by atoms with Gasteiger partial charge in [0.25, 0.3) is 0 Å². The minimum Gasteiger partial charge on any atom is -0.389 e. The SMILES string of the molecule is C=C[C@@H](O)[C@@H]1C[C@@H]1C(=O)N(C)OC. The largest absolute Gasteiger partial charge is 0.389 e. The van der Waals surface area contributed by atoms with E-state index in [0.717, 1.165) is 6.42 Å². The maximum atomic E-state index is 11.4. The second-order valence-electron chi connectivity index (χ2n) is 3.25. The first-order chi connectivity index (χ1) is 6.11. The molecule has 0 heterocycles. The molecule has 0 aromatic heterocycles. The number of aliphatic hydroxyl groups is 1. The lowest BCUT2D eigenvalue weighted by molar-refractivity contribution is -0.170. The molecular formula is C9H15NO3. The highest BCUT2D eigenvalue weighted by Gasteiger charge is 2.47. The van der Waals surface area contributed by atoms with Gasteiger partial charge in [-0.25, -0.2) is 5.06 Å². The van der Waals surface area contributed by atoms with Crippen LogP contribution in [0.2, 0.25) is 0 Å². The van der Waals surface area contributed by atoms with Gasteiger partial charge in [-0.2, -0.15) is 0 Å². The number of hydrogen-bond acceptors (Lipinski definition) is 3. The number of hydrogen-bond donors (Lipinski definition) is 1. The molecule has 74 valence electrons. The highest BCUT2D eigenvalue weighted by molar-refractivity contribution is 5.80. The molecule has 1 rings (SSSR count). The average molecular weight is 185 g/mol. The quantitative estimate of drug-likeness (QED) is 0.502. The van der Waals surface area contributed by atoms with Gasteiger partial charge in [-0.05, 0) is 6.42 Å². The zero-order chi connectivity index (χ0) is 10.0. The van der Waals surface area contributed by atoms with Crippen molar-refractivity contribution in [2.24, 2.45) is 11.8 Å². The Morgan fingerprint density at radius 1 is 1.85 bits per heavy atom. The van der Waals surface area contributed by atoms with E-state index in [2.05, 4.69) is 6.58 Å². The van der Waals surface area contributed by atoms with Gasteiger partial charge in [0.05, 0.1) is 13.2 Å². The number of hydroxylamine groups is 2. The summed E-state index contributed by atoms with van der Waals surface area (Å²) in [7, 11) is 3.01. The minimum atomic E-state index is -0.570. The van der Waals surface area contributed by atoms with Gasteiger partial charge in [0.1, 0.15) is 0 Å². The topological polar surface area (TPSA) is 49.8 Å². The van der Waals surface area contributed by atoms with Crippen LogP contribution in [0.1, 0.15) is 6.42 Å². The normalized spacial score (nSPS) is 27.9. The van der Waals surface area contributed by atoms with Crippen molar-refractivity contribution in [1.82, 2.24) is 5.06 Å². The lowest BCUT2D eigenvalue weighted by Gasteiger charge is -2.13. The second kappa shape index (κ2) is 3.89. The smallest absolute Gasteiger partial charge is 0.249 e. The second-order valence-corrected chi connectivity index (χ2v) is 3.25. The van der Waals surface area contributed by atoms with Crippen LogP contribution < -0.4 is 0 Å². The van der Waals surface area contributed by atoms with E-state index in [-0.39, 0.29) is 17.7 Å². The summed E-state index contributed by atoms with van der Waals surface area (Å²) >= 11 is 0. The van der Waals surface area contributed by atoms with Crippen LogP contribution in [0.3, 0.4) is 0 Å². The van der Waals surface area contributed by atoms with Gasteiger partial charge in [0.15, 0.2) is 0 Å². The summed E-state index contributed by atoms with van der Waals surface area (Å²) in [4.78, 5) is 16.2. The molecule has 3 atom stereocenters. The van der Waals surface area contributed by atoms with Crippen LogP contribution >= 0.6 is 0 Å². The molecule has 1 aliphatic rings. The van der Waals surface area contributed by atoms with Crippen molar-refractivity contribution in [2.75, 3.05) is 14.2 Å². The van der Waals surface area contributed by atoms with Gasteiger partial charge in [-0.3, -0.25) is 9.63 Å². The van der Waals surface area contributed by atoms with E-state index in [9.17, 15) is 9.90 Å². The molecule has 13 heavy (non-hydrogen) atoms. The minimum absolute atomic E-state index is 0.0302. The van der Waals surface area contributed by atoms with Crippen molar-refractivity contribution in [3.8, 4) is 0 Å². The van der Waals surface area contributed by atoms with Crippen LogP contribution in [0, 0.1) is 11.8 Å². The third kappa shape index (κ3) is 2.08. The maximum absolute atomic E-state index is 11.4. The van der Waals surface area contributed by atoms with Gasteiger partial charge in [-0.15, -0.1) is 6.58 Å². The number of aliphatic hydroxyl groups excluding tert-OH is 1. The molecule has 0 saturated heterocycles. The van der Waals surface area contributed by atoms with Gasteiger partial charge in [0.2, 0.25) is 5.91 Å². The first-order valence-electron chi connectivity index (χ1n) is 4.24. The fourth-order valence-corrected chi connectivity index (χ4v) is 1.37. The van der Waals surface area contributed by atoms with Crippen LogP contribution in [0.25, 0.3) is 0 Å². The summed E-state index contributed by atoms with van der Waals surface area (Å²) in [5.74, 6) is -0.144. The molecule has 0 unspecified atom stereocenters. The van der Waals surface area contributed by atoms with E-state index in [0.29, 0.717) is 0 Å². The Hall–Kier alpha value is -0.870. The summed E-state index contributed by atoms with van der Waals surface area (Å²) in [5, 5.41) is 10.5. The Bertz CT molecular complexity index is 217. The summed E-state index contributed by atoms with van der Waals surface area (Å²) in [6, 6.07) is 0. The highest BCUT2D eigenvalue weighted by atomic mass is 16.7. The molecule has 1 aliphatic carbocycles. The van der Waals surface area contributed by atoms with Crippen LogP contribution in [0.4, 0.5) is 0 Å². The van der Waals surface area contributed by atoms with Crippen LogP contribution in [0.5, 0.6) is 0 Å². The lowest BCUT2D eigenvalue weighted by Crippen LogP contribution is -2.28. The van der Waals surface area contributed by atoms with E-state index in [1.165, 1.54) is 18.2 Å². The zero-order valence-corrected chi connectivity index (χ0v) is 7.93. The number of amides is 1. The number of carbonyl (C=O) groups is 1. The Balaban J connectivity index is 2.42. The fourth-order valence-electron chi connectivity index (χ4n) is 1.37. The van der Waals surface area contributed by atoms with Crippen molar-refractivity contribution >= 4 is 5.91 Å². The van der Waals surface area contributed by atoms with Crippen molar-refractivity contribution in [1.29, 1.82) is 0 Å². The van der Waals surface area contributed by atoms with Gasteiger partial charge >= 0.3 is 0 Å². The third-order valence-corrected chi connectivity index (χ3v) is 2.42.